The molecule has 5 atom stereocenters. The highest BCUT2D eigenvalue weighted by molar-refractivity contribution is 6.02. The zero-order valence-corrected chi connectivity index (χ0v) is 30.8. The van der Waals surface area contributed by atoms with Crippen LogP contribution >= 0.6 is 0 Å². The first kappa shape index (κ1) is 38.7. The molecule has 6 rings (SSSR count). The third-order valence-corrected chi connectivity index (χ3v) is 10.5. The van der Waals surface area contributed by atoms with Crippen molar-refractivity contribution in [3.8, 4) is 11.1 Å². The minimum Gasteiger partial charge on any atom is -0.481 e. The number of aliphatic carboxylic acids is 1. The molecule has 1 heterocycles. The zero-order chi connectivity index (χ0) is 37.6. The third-order valence-electron chi connectivity index (χ3n) is 10.5. The van der Waals surface area contributed by atoms with Crippen LogP contribution in [0.1, 0.15) is 113 Å². The average molecular weight is 713 g/mol. The van der Waals surface area contributed by atoms with Crippen LogP contribution < -0.4 is 5.73 Å². The Kier molecular flexibility index (Phi) is 12.5. The van der Waals surface area contributed by atoms with Gasteiger partial charge in [0.25, 0.3) is 5.97 Å². The van der Waals surface area contributed by atoms with E-state index in [0.29, 0.717) is 30.4 Å². The van der Waals surface area contributed by atoms with Gasteiger partial charge in [-0.3, -0.25) is 19.3 Å². The second kappa shape index (κ2) is 16.8. The SMILES string of the molecule is CC(=O)O.CC(C)(C)OC(=O)N1C(C(=O)OCC(=O)c2ccc3cc(-c4ccc(C(=O)CCCC5CCCC5N)cc4)ccc3c2)CC2CCCC21. The van der Waals surface area contributed by atoms with Gasteiger partial charge in [-0.15, -0.1) is 0 Å². The van der Waals surface area contributed by atoms with Crippen LogP contribution in [0.3, 0.4) is 0 Å². The van der Waals surface area contributed by atoms with E-state index in [1.807, 2.05) is 48.5 Å². The lowest BCUT2D eigenvalue weighted by atomic mass is 9.94. The molecule has 0 spiro atoms. The van der Waals surface area contributed by atoms with Crippen molar-refractivity contribution in [2.45, 2.75) is 116 Å². The van der Waals surface area contributed by atoms with Crippen LogP contribution in [0.15, 0.2) is 60.7 Å². The zero-order valence-electron chi connectivity index (χ0n) is 30.8. The number of nitrogens with zero attached hydrogens (tertiary/aromatic N) is 1. The summed E-state index contributed by atoms with van der Waals surface area (Å²) in [5.74, 6) is -0.730. The van der Waals surface area contributed by atoms with E-state index >= 15 is 0 Å². The van der Waals surface area contributed by atoms with E-state index in [1.54, 1.807) is 31.7 Å². The summed E-state index contributed by atoms with van der Waals surface area (Å²) in [5, 5.41) is 9.28. The Morgan fingerprint density at radius 3 is 2.13 bits per heavy atom. The number of rotatable bonds is 10. The Balaban J connectivity index is 0.00000124. The Morgan fingerprint density at radius 1 is 0.827 bits per heavy atom. The number of carboxylic acids is 1. The van der Waals surface area contributed by atoms with Crippen molar-refractivity contribution in [1.29, 1.82) is 0 Å². The Labute approximate surface area is 306 Å². The molecule has 1 aliphatic heterocycles. The maximum absolute atomic E-state index is 13.2. The van der Waals surface area contributed by atoms with Crippen LogP contribution in [0.4, 0.5) is 4.79 Å². The number of esters is 1. The van der Waals surface area contributed by atoms with Gasteiger partial charge in [-0.2, -0.15) is 0 Å². The first-order valence-corrected chi connectivity index (χ1v) is 18.5. The van der Waals surface area contributed by atoms with Gasteiger partial charge in [0.15, 0.2) is 18.2 Å². The molecule has 3 fully saturated rings. The van der Waals surface area contributed by atoms with E-state index in [9.17, 15) is 19.2 Å². The van der Waals surface area contributed by atoms with Gasteiger partial charge < -0.3 is 20.3 Å². The predicted octanol–water partition coefficient (Wildman–Crippen LogP) is 7.98. The van der Waals surface area contributed by atoms with Crippen molar-refractivity contribution >= 4 is 40.4 Å². The molecule has 278 valence electrons. The highest BCUT2D eigenvalue weighted by Crippen LogP contribution is 2.42. The van der Waals surface area contributed by atoms with Crippen LogP contribution in [-0.4, -0.2) is 69.9 Å². The predicted molar refractivity (Wildman–Crippen MR) is 199 cm³/mol. The quantitative estimate of drug-likeness (QED) is 0.157. The number of carbonyl (C=O) groups is 5. The molecule has 10 nitrogen and oxygen atoms in total. The summed E-state index contributed by atoms with van der Waals surface area (Å²) in [6, 6.07) is 18.8. The van der Waals surface area contributed by atoms with Gasteiger partial charge in [0.2, 0.25) is 0 Å². The van der Waals surface area contributed by atoms with Gasteiger partial charge in [0, 0.05) is 36.6 Å². The van der Waals surface area contributed by atoms with Gasteiger partial charge in [-0.1, -0.05) is 61.4 Å². The number of carbonyl (C=O) groups excluding carboxylic acids is 4. The average Bonchev–Trinajstić information content (AvgIpc) is 3.82. The Bertz CT molecular complexity index is 1770. The number of hydrogen-bond donors (Lipinski definition) is 2. The van der Waals surface area contributed by atoms with Crippen molar-refractivity contribution < 1.29 is 38.6 Å². The number of Topliss-reactive ketones (excluding diaryl/α,β-unsaturated/α-hetero) is 2. The van der Waals surface area contributed by atoms with Gasteiger partial charge in [-0.05, 0) is 112 Å². The molecule has 1 amide bonds. The van der Waals surface area contributed by atoms with Crippen molar-refractivity contribution in [3.05, 3.63) is 71.8 Å². The largest absolute Gasteiger partial charge is 0.481 e. The molecule has 3 aromatic rings. The summed E-state index contributed by atoms with van der Waals surface area (Å²) in [6.07, 6.45) is 8.79. The lowest BCUT2D eigenvalue weighted by Crippen LogP contribution is -2.47. The molecule has 2 saturated carbocycles. The molecular weight excluding hydrogens is 660 g/mol. The van der Waals surface area contributed by atoms with E-state index < -0.39 is 36.3 Å². The molecule has 0 radical (unpaired) electrons. The van der Waals surface area contributed by atoms with Gasteiger partial charge in [-0.25, -0.2) is 9.59 Å². The van der Waals surface area contributed by atoms with Crippen molar-refractivity contribution in [2.24, 2.45) is 17.6 Å². The maximum Gasteiger partial charge on any atom is 0.411 e. The fourth-order valence-electron chi connectivity index (χ4n) is 7.93. The standard InChI is InChI=1S/C40H48N2O6.C2H4O2/c1-40(2,3)48-39(46)42-34-11-5-9-31(34)23-35(42)38(45)47-24-37(44)32-20-19-29-21-28(17-18-30(29)22-32)25-13-15-27(16-14-25)36(43)12-6-8-26-7-4-10-33(26)41;1-2(3)4/h13-22,26,31,33-35H,4-12,23-24,41H2,1-3H3;1H3,(H,3,4). The first-order chi connectivity index (χ1) is 24.7. The van der Waals surface area contributed by atoms with E-state index in [4.69, 9.17) is 25.1 Å². The molecule has 3 N–H and O–H groups in total. The molecule has 0 aromatic heterocycles. The van der Waals surface area contributed by atoms with Crippen molar-refractivity contribution in [1.82, 2.24) is 4.90 Å². The number of nitrogens with two attached hydrogens (primary N) is 1. The number of ketones is 2. The van der Waals surface area contributed by atoms with Crippen molar-refractivity contribution in [3.63, 3.8) is 0 Å². The van der Waals surface area contributed by atoms with Gasteiger partial charge in [0.1, 0.15) is 11.6 Å². The molecule has 0 bridgehead atoms. The summed E-state index contributed by atoms with van der Waals surface area (Å²) in [6.45, 7) is 6.11. The summed E-state index contributed by atoms with van der Waals surface area (Å²) in [4.78, 5) is 62.7. The smallest absolute Gasteiger partial charge is 0.411 e. The number of ether oxygens (including phenoxy) is 2. The topological polar surface area (TPSA) is 153 Å². The van der Waals surface area contributed by atoms with Gasteiger partial charge >= 0.3 is 12.1 Å². The molecule has 1 saturated heterocycles. The van der Waals surface area contributed by atoms with E-state index in [2.05, 4.69) is 6.07 Å². The van der Waals surface area contributed by atoms with Crippen LogP contribution in [0.5, 0.6) is 0 Å². The minimum absolute atomic E-state index is 0.0322. The number of likely N-dealkylation sites (tertiary alicyclic amines) is 1. The summed E-state index contributed by atoms with van der Waals surface area (Å²) in [7, 11) is 0. The molecular formula is C42H52N2O8. The first-order valence-electron chi connectivity index (χ1n) is 18.5. The van der Waals surface area contributed by atoms with E-state index in [1.165, 1.54) is 12.8 Å². The van der Waals surface area contributed by atoms with Crippen molar-refractivity contribution in [2.75, 3.05) is 6.61 Å². The van der Waals surface area contributed by atoms with Crippen LogP contribution in [0, 0.1) is 11.8 Å². The number of hydrogen-bond acceptors (Lipinski definition) is 8. The molecule has 3 aromatic carbocycles. The molecule has 52 heavy (non-hydrogen) atoms. The highest BCUT2D eigenvalue weighted by atomic mass is 16.6. The number of amides is 1. The fourth-order valence-corrected chi connectivity index (χ4v) is 7.93. The fraction of sp³-hybridized carbons (Fsp3) is 0.500. The molecule has 3 aliphatic rings. The minimum atomic E-state index is -0.833. The lowest BCUT2D eigenvalue weighted by Gasteiger charge is -2.31. The number of carboxylic acid groups (broad SMARTS) is 1. The van der Waals surface area contributed by atoms with E-state index in [-0.39, 0.29) is 23.5 Å². The highest BCUT2D eigenvalue weighted by Gasteiger charge is 2.50. The number of fused-ring (bicyclic) bond motifs is 2. The summed E-state index contributed by atoms with van der Waals surface area (Å²) >= 11 is 0. The number of benzene rings is 3. The molecule has 10 heteroatoms. The maximum atomic E-state index is 13.2. The van der Waals surface area contributed by atoms with Crippen LogP contribution in [-0.2, 0) is 19.1 Å². The lowest BCUT2D eigenvalue weighted by molar-refractivity contribution is -0.148. The van der Waals surface area contributed by atoms with Crippen LogP contribution in [0.25, 0.3) is 21.9 Å². The molecule has 2 aliphatic carbocycles. The molecule has 5 unspecified atom stereocenters. The normalized spacial score (nSPS) is 22.3. The Hall–Kier alpha value is -4.57. The second-order valence-corrected chi connectivity index (χ2v) is 15.5. The third kappa shape index (κ3) is 9.85. The monoisotopic (exact) mass is 712 g/mol. The van der Waals surface area contributed by atoms with Crippen LogP contribution in [0.2, 0.25) is 0 Å². The van der Waals surface area contributed by atoms with E-state index in [0.717, 1.165) is 72.9 Å². The Morgan fingerprint density at radius 2 is 1.46 bits per heavy atom. The summed E-state index contributed by atoms with van der Waals surface area (Å²) < 4.78 is 11.1. The van der Waals surface area contributed by atoms with Gasteiger partial charge in [0.05, 0.1) is 0 Å². The second-order valence-electron chi connectivity index (χ2n) is 15.5. The summed E-state index contributed by atoms with van der Waals surface area (Å²) in [5.41, 5.74) is 8.71.